The van der Waals surface area contributed by atoms with Gasteiger partial charge in [-0.05, 0) is 30.2 Å². The lowest BCUT2D eigenvalue weighted by atomic mass is 9.65. The van der Waals surface area contributed by atoms with Crippen LogP contribution in [-0.4, -0.2) is 22.2 Å². The van der Waals surface area contributed by atoms with E-state index in [0.29, 0.717) is 6.42 Å². The van der Waals surface area contributed by atoms with Crippen molar-refractivity contribution in [2.24, 2.45) is 17.8 Å². The molecule has 4 nitrogen and oxygen atoms in total. The van der Waals surface area contributed by atoms with Crippen LogP contribution in [-0.2, 0) is 9.59 Å². The molecule has 0 amide bonds. The first-order valence-corrected chi connectivity index (χ1v) is 6.53. The third-order valence-electron chi connectivity index (χ3n) is 4.25. The summed E-state index contributed by atoms with van der Waals surface area (Å²) in [5.74, 6) is -3.62. The number of carboxylic acids is 2. The first kappa shape index (κ1) is 13.6. The van der Waals surface area contributed by atoms with Gasteiger partial charge in [-0.25, -0.2) is 0 Å². The van der Waals surface area contributed by atoms with Gasteiger partial charge < -0.3 is 10.2 Å². The minimum Gasteiger partial charge on any atom is -0.481 e. The average molecular weight is 262 g/mol. The minimum absolute atomic E-state index is 0.123. The molecule has 1 saturated carbocycles. The molecule has 0 unspecified atom stereocenters. The fourth-order valence-corrected chi connectivity index (χ4v) is 3.26. The fourth-order valence-electron chi connectivity index (χ4n) is 3.26. The lowest BCUT2D eigenvalue weighted by Gasteiger charge is -2.37. The molecule has 1 aromatic carbocycles. The summed E-state index contributed by atoms with van der Waals surface area (Å²) in [6, 6.07) is 9.76. The van der Waals surface area contributed by atoms with Crippen LogP contribution in [0.2, 0.25) is 0 Å². The van der Waals surface area contributed by atoms with Gasteiger partial charge in [-0.15, -0.1) is 0 Å². The molecular weight excluding hydrogens is 244 g/mol. The highest BCUT2D eigenvalue weighted by atomic mass is 16.4. The van der Waals surface area contributed by atoms with Gasteiger partial charge in [-0.1, -0.05) is 37.3 Å². The van der Waals surface area contributed by atoms with E-state index in [1.165, 1.54) is 0 Å². The number of benzene rings is 1. The molecule has 4 heteroatoms. The van der Waals surface area contributed by atoms with Crippen LogP contribution in [0.3, 0.4) is 0 Å². The first-order chi connectivity index (χ1) is 9.02. The van der Waals surface area contributed by atoms with Gasteiger partial charge in [0.05, 0.1) is 11.8 Å². The standard InChI is InChI=1S/C15H18O4/c1-9-11(10-5-3-2-4-6-10)7-8-12(14(16)17)13(9)15(18)19/h2-6,9,11-13H,7-8H2,1H3,(H,16,17)(H,18,19)/t9-,11-,12-,13-/m1/s1. The molecule has 2 N–H and O–H groups in total. The van der Waals surface area contributed by atoms with Crippen molar-refractivity contribution < 1.29 is 19.8 Å². The molecule has 2 rings (SSSR count). The molecule has 1 aromatic rings. The van der Waals surface area contributed by atoms with E-state index >= 15 is 0 Å². The highest BCUT2D eigenvalue weighted by Gasteiger charge is 2.44. The van der Waals surface area contributed by atoms with Crippen LogP contribution in [0, 0.1) is 17.8 Å². The predicted molar refractivity (Wildman–Crippen MR) is 69.8 cm³/mol. The molecule has 102 valence electrons. The number of hydrogen-bond acceptors (Lipinski definition) is 2. The van der Waals surface area contributed by atoms with Gasteiger partial charge in [-0.3, -0.25) is 9.59 Å². The second-order valence-corrected chi connectivity index (χ2v) is 5.26. The molecule has 0 bridgehead atoms. The zero-order chi connectivity index (χ0) is 14.0. The molecule has 0 aromatic heterocycles. The Kier molecular flexibility index (Phi) is 3.88. The molecule has 19 heavy (non-hydrogen) atoms. The lowest BCUT2D eigenvalue weighted by molar-refractivity contribution is -0.158. The monoisotopic (exact) mass is 262 g/mol. The second-order valence-electron chi connectivity index (χ2n) is 5.26. The van der Waals surface area contributed by atoms with Crippen molar-refractivity contribution in [1.82, 2.24) is 0 Å². The summed E-state index contributed by atoms with van der Waals surface area (Å²) >= 11 is 0. The Balaban J connectivity index is 2.28. The molecule has 0 spiro atoms. The minimum atomic E-state index is -1.000. The van der Waals surface area contributed by atoms with Crippen molar-refractivity contribution in [1.29, 1.82) is 0 Å². The zero-order valence-electron chi connectivity index (χ0n) is 10.8. The molecule has 0 aliphatic heterocycles. The Labute approximate surface area is 112 Å². The van der Waals surface area contributed by atoms with Gasteiger partial charge in [0.2, 0.25) is 0 Å². The third kappa shape index (κ3) is 2.62. The Bertz CT molecular complexity index is 468. The Morgan fingerprint density at radius 2 is 1.68 bits per heavy atom. The summed E-state index contributed by atoms with van der Waals surface area (Å²) in [6.07, 6.45) is 1.15. The Hall–Kier alpha value is -1.84. The van der Waals surface area contributed by atoms with Crippen LogP contribution in [0.5, 0.6) is 0 Å². The van der Waals surface area contributed by atoms with E-state index < -0.39 is 23.8 Å². The van der Waals surface area contributed by atoms with Crippen molar-refractivity contribution in [3.05, 3.63) is 35.9 Å². The molecule has 0 radical (unpaired) electrons. The summed E-state index contributed by atoms with van der Waals surface area (Å²) in [6.45, 7) is 1.85. The van der Waals surface area contributed by atoms with Crippen molar-refractivity contribution in [2.45, 2.75) is 25.7 Å². The van der Waals surface area contributed by atoms with Gasteiger partial charge in [0.15, 0.2) is 0 Å². The van der Waals surface area contributed by atoms with E-state index in [-0.39, 0.29) is 11.8 Å². The van der Waals surface area contributed by atoms with Crippen molar-refractivity contribution in [2.75, 3.05) is 0 Å². The van der Waals surface area contributed by atoms with Gasteiger partial charge in [0.1, 0.15) is 0 Å². The zero-order valence-corrected chi connectivity index (χ0v) is 10.8. The smallest absolute Gasteiger partial charge is 0.307 e. The summed E-state index contributed by atoms with van der Waals surface area (Å²) in [5.41, 5.74) is 1.10. The van der Waals surface area contributed by atoms with Crippen LogP contribution in [0.1, 0.15) is 31.2 Å². The first-order valence-electron chi connectivity index (χ1n) is 6.53. The molecule has 1 aliphatic rings. The number of aliphatic carboxylic acids is 2. The van der Waals surface area contributed by atoms with Gasteiger partial charge in [0.25, 0.3) is 0 Å². The molecule has 1 aliphatic carbocycles. The quantitative estimate of drug-likeness (QED) is 0.878. The van der Waals surface area contributed by atoms with Crippen LogP contribution in [0.4, 0.5) is 0 Å². The largest absolute Gasteiger partial charge is 0.481 e. The highest BCUT2D eigenvalue weighted by molar-refractivity contribution is 5.80. The third-order valence-corrected chi connectivity index (χ3v) is 4.25. The lowest BCUT2D eigenvalue weighted by Crippen LogP contribution is -2.40. The Morgan fingerprint density at radius 3 is 2.21 bits per heavy atom. The summed E-state index contributed by atoms with van der Waals surface area (Å²) in [4.78, 5) is 22.6. The van der Waals surface area contributed by atoms with Crippen LogP contribution < -0.4 is 0 Å². The SMILES string of the molecule is C[C@H]1[C@@H](C(=O)O)[C@H](C(=O)O)CC[C@H]1c1ccccc1. The van der Waals surface area contributed by atoms with E-state index in [4.69, 9.17) is 5.11 Å². The van der Waals surface area contributed by atoms with E-state index in [1.54, 1.807) is 0 Å². The van der Waals surface area contributed by atoms with Crippen LogP contribution in [0.25, 0.3) is 0 Å². The maximum atomic E-state index is 11.4. The van der Waals surface area contributed by atoms with Gasteiger partial charge in [-0.2, -0.15) is 0 Å². The Morgan fingerprint density at radius 1 is 1.05 bits per heavy atom. The van der Waals surface area contributed by atoms with Crippen molar-refractivity contribution >= 4 is 11.9 Å². The van der Waals surface area contributed by atoms with Crippen molar-refractivity contribution in [3.63, 3.8) is 0 Å². The maximum absolute atomic E-state index is 11.4. The second kappa shape index (κ2) is 5.43. The van der Waals surface area contributed by atoms with Gasteiger partial charge >= 0.3 is 11.9 Å². The molecule has 1 fully saturated rings. The fraction of sp³-hybridized carbons (Fsp3) is 0.467. The van der Waals surface area contributed by atoms with Crippen LogP contribution in [0.15, 0.2) is 30.3 Å². The molecule has 4 atom stereocenters. The van der Waals surface area contributed by atoms with Crippen molar-refractivity contribution in [3.8, 4) is 0 Å². The van der Waals surface area contributed by atoms with E-state index in [2.05, 4.69) is 0 Å². The van der Waals surface area contributed by atoms with Crippen LogP contribution >= 0.6 is 0 Å². The van der Waals surface area contributed by atoms with E-state index in [9.17, 15) is 14.7 Å². The molecular formula is C15H18O4. The molecule has 0 heterocycles. The summed E-state index contributed by atoms with van der Waals surface area (Å²) in [5, 5.41) is 18.5. The number of hydrogen-bond donors (Lipinski definition) is 2. The van der Waals surface area contributed by atoms with Gasteiger partial charge in [0, 0.05) is 0 Å². The maximum Gasteiger partial charge on any atom is 0.307 e. The average Bonchev–Trinajstić information content (AvgIpc) is 2.38. The topological polar surface area (TPSA) is 74.6 Å². The predicted octanol–water partition coefficient (Wildman–Crippen LogP) is 2.60. The van der Waals surface area contributed by atoms with E-state index in [1.807, 2.05) is 37.3 Å². The molecule has 0 saturated heterocycles. The number of rotatable bonds is 3. The summed E-state index contributed by atoms with van der Waals surface area (Å²) in [7, 11) is 0. The normalized spacial score (nSPS) is 30.8. The number of carbonyl (C=O) groups is 2. The summed E-state index contributed by atoms with van der Waals surface area (Å²) < 4.78 is 0. The van der Waals surface area contributed by atoms with E-state index in [0.717, 1.165) is 12.0 Å². The number of carboxylic acid groups (broad SMARTS) is 2. The highest BCUT2D eigenvalue weighted by Crippen LogP contribution is 2.44.